The molecule has 0 aliphatic heterocycles. The van der Waals surface area contributed by atoms with Crippen LogP contribution in [0.15, 0.2) is 0 Å². The highest BCUT2D eigenvalue weighted by molar-refractivity contribution is 6.49. The molecule has 1 aliphatic carbocycles. The van der Waals surface area contributed by atoms with Gasteiger partial charge in [-0.05, 0) is 25.2 Å². The van der Waals surface area contributed by atoms with E-state index in [9.17, 15) is 0 Å². The normalized spacial score (nSPS) is 31.7. The van der Waals surface area contributed by atoms with Crippen LogP contribution in [0, 0.1) is 12.3 Å². The van der Waals surface area contributed by atoms with Gasteiger partial charge in [-0.3, -0.25) is 0 Å². The van der Waals surface area contributed by atoms with Gasteiger partial charge in [0, 0.05) is 0 Å². The Kier molecular flexibility index (Phi) is 2.28. The van der Waals surface area contributed by atoms with E-state index in [-0.39, 0.29) is 0 Å². The van der Waals surface area contributed by atoms with Gasteiger partial charge in [-0.15, -0.1) is 23.2 Å². The third-order valence-corrected chi connectivity index (χ3v) is 2.79. The van der Waals surface area contributed by atoms with Crippen molar-refractivity contribution < 1.29 is 0 Å². The van der Waals surface area contributed by atoms with Crippen molar-refractivity contribution >= 4 is 23.2 Å². The summed E-state index contributed by atoms with van der Waals surface area (Å²) in [5.41, 5.74) is 0. The number of rotatable bonds is 2. The standard InChI is InChI=1S/C7H11Cl2/c1-2-3-6-4-5-7(6,8)9/h3,6H,2,4-5H2,1H3. The lowest BCUT2D eigenvalue weighted by Crippen LogP contribution is -2.36. The predicted molar refractivity (Wildman–Crippen MR) is 41.8 cm³/mol. The summed E-state index contributed by atoms with van der Waals surface area (Å²) in [6.45, 7) is 2.11. The molecule has 2 heteroatoms. The molecule has 0 nitrogen and oxygen atoms in total. The molecule has 0 amide bonds. The Labute approximate surface area is 66.5 Å². The fourth-order valence-electron chi connectivity index (χ4n) is 1.10. The average Bonchev–Trinajstić information content (AvgIpc) is 1.81. The summed E-state index contributed by atoms with van der Waals surface area (Å²) in [4.78, 5) is 0. The second-order valence-electron chi connectivity index (χ2n) is 2.55. The van der Waals surface area contributed by atoms with Crippen LogP contribution in [0.1, 0.15) is 26.2 Å². The van der Waals surface area contributed by atoms with Gasteiger partial charge in [-0.25, -0.2) is 0 Å². The molecular formula is C7H11Cl2. The number of hydrogen-bond donors (Lipinski definition) is 0. The van der Waals surface area contributed by atoms with Gasteiger partial charge in [-0.2, -0.15) is 0 Å². The van der Waals surface area contributed by atoms with Gasteiger partial charge in [0.15, 0.2) is 0 Å². The minimum atomic E-state index is -0.421. The van der Waals surface area contributed by atoms with E-state index < -0.39 is 4.33 Å². The highest BCUT2D eigenvalue weighted by atomic mass is 35.5. The summed E-state index contributed by atoms with van der Waals surface area (Å²) in [6.07, 6.45) is 5.40. The quantitative estimate of drug-likeness (QED) is 0.552. The predicted octanol–water partition coefficient (Wildman–Crippen LogP) is 3.18. The zero-order valence-electron chi connectivity index (χ0n) is 5.53. The van der Waals surface area contributed by atoms with Gasteiger partial charge in [0.1, 0.15) is 4.33 Å². The average molecular weight is 166 g/mol. The molecule has 1 saturated carbocycles. The van der Waals surface area contributed by atoms with E-state index in [1.807, 2.05) is 0 Å². The van der Waals surface area contributed by atoms with Gasteiger partial charge in [-0.1, -0.05) is 13.3 Å². The van der Waals surface area contributed by atoms with E-state index in [1.165, 1.54) is 6.42 Å². The zero-order valence-corrected chi connectivity index (χ0v) is 7.04. The zero-order chi connectivity index (χ0) is 6.91. The second kappa shape index (κ2) is 2.67. The molecule has 53 valence electrons. The highest BCUT2D eigenvalue weighted by Crippen LogP contribution is 2.49. The van der Waals surface area contributed by atoms with Crippen LogP contribution < -0.4 is 0 Å². The molecule has 0 saturated heterocycles. The number of halogens is 2. The molecule has 1 fully saturated rings. The lowest BCUT2D eigenvalue weighted by molar-refractivity contribution is 0.326. The van der Waals surface area contributed by atoms with Crippen molar-refractivity contribution in [3.63, 3.8) is 0 Å². The molecule has 0 aromatic rings. The lowest BCUT2D eigenvalue weighted by atomic mass is 9.81. The Morgan fingerprint density at radius 1 is 1.67 bits per heavy atom. The fourth-order valence-corrected chi connectivity index (χ4v) is 1.72. The Bertz CT molecular complexity index is 99.1. The Morgan fingerprint density at radius 3 is 2.44 bits per heavy atom. The minimum Gasteiger partial charge on any atom is -0.101 e. The van der Waals surface area contributed by atoms with Gasteiger partial charge >= 0.3 is 0 Å². The van der Waals surface area contributed by atoms with Gasteiger partial charge in [0.05, 0.1) is 0 Å². The molecule has 1 unspecified atom stereocenters. The van der Waals surface area contributed by atoms with E-state index in [2.05, 4.69) is 13.3 Å². The first kappa shape index (κ1) is 7.68. The lowest BCUT2D eigenvalue weighted by Gasteiger charge is -2.39. The molecule has 0 heterocycles. The molecule has 1 radical (unpaired) electrons. The maximum absolute atomic E-state index is 5.88. The van der Waals surface area contributed by atoms with Crippen LogP contribution in [0.25, 0.3) is 0 Å². The van der Waals surface area contributed by atoms with Crippen molar-refractivity contribution in [2.45, 2.75) is 30.5 Å². The molecule has 1 atom stereocenters. The molecule has 0 bridgehead atoms. The van der Waals surface area contributed by atoms with E-state index in [4.69, 9.17) is 23.2 Å². The minimum absolute atomic E-state index is 0.421. The third-order valence-electron chi connectivity index (χ3n) is 1.85. The molecule has 0 aromatic heterocycles. The Hall–Kier alpha value is 0.580. The summed E-state index contributed by atoms with van der Waals surface area (Å²) in [7, 11) is 0. The maximum Gasteiger partial charge on any atom is 0.121 e. The van der Waals surface area contributed by atoms with Crippen LogP contribution in [-0.2, 0) is 0 Å². The first-order valence-corrected chi connectivity index (χ1v) is 4.13. The SMILES string of the molecule is CC[CH]C1CCC1(Cl)Cl. The second-order valence-corrected chi connectivity index (χ2v) is 4.09. The molecule has 0 aromatic carbocycles. The van der Waals surface area contributed by atoms with E-state index in [0.717, 1.165) is 12.8 Å². The van der Waals surface area contributed by atoms with E-state index >= 15 is 0 Å². The van der Waals surface area contributed by atoms with Crippen LogP contribution in [0.2, 0.25) is 0 Å². The largest absolute Gasteiger partial charge is 0.121 e. The smallest absolute Gasteiger partial charge is 0.101 e. The first-order valence-electron chi connectivity index (χ1n) is 3.38. The van der Waals surface area contributed by atoms with Crippen molar-refractivity contribution in [2.24, 2.45) is 5.92 Å². The van der Waals surface area contributed by atoms with E-state index in [1.54, 1.807) is 0 Å². The maximum atomic E-state index is 5.88. The van der Waals surface area contributed by atoms with Crippen molar-refractivity contribution in [1.82, 2.24) is 0 Å². The summed E-state index contributed by atoms with van der Waals surface area (Å²) in [5, 5.41) is 0. The fraction of sp³-hybridized carbons (Fsp3) is 0.857. The summed E-state index contributed by atoms with van der Waals surface area (Å²) in [6, 6.07) is 0. The molecular weight excluding hydrogens is 155 g/mol. The van der Waals surface area contributed by atoms with Crippen molar-refractivity contribution in [2.75, 3.05) is 0 Å². The topological polar surface area (TPSA) is 0 Å². The van der Waals surface area contributed by atoms with Gasteiger partial charge in [0.25, 0.3) is 0 Å². The van der Waals surface area contributed by atoms with Crippen LogP contribution in [-0.4, -0.2) is 4.33 Å². The molecule has 1 aliphatic rings. The van der Waals surface area contributed by atoms with E-state index in [0.29, 0.717) is 5.92 Å². The van der Waals surface area contributed by atoms with Crippen LogP contribution in [0.3, 0.4) is 0 Å². The third kappa shape index (κ3) is 1.53. The Balaban J connectivity index is 2.28. The highest BCUT2D eigenvalue weighted by Gasteiger charge is 2.42. The first-order chi connectivity index (χ1) is 4.17. The Morgan fingerprint density at radius 2 is 2.33 bits per heavy atom. The molecule has 1 rings (SSSR count). The monoisotopic (exact) mass is 165 g/mol. The van der Waals surface area contributed by atoms with Gasteiger partial charge < -0.3 is 0 Å². The van der Waals surface area contributed by atoms with Crippen molar-refractivity contribution in [3.05, 3.63) is 6.42 Å². The van der Waals surface area contributed by atoms with Crippen molar-refractivity contribution in [3.8, 4) is 0 Å². The molecule has 0 spiro atoms. The summed E-state index contributed by atoms with van der Waals surface area (Å²) < 4.78 is -0.421. The molecule has 0 N–H and O–H groups in total. The van der Waals surface area contributed by atoms with Crippen LogP contribution in [0.5, 0.6) is 0 Å². The van der Waals surface area contributed by atoms with Gasteiger partial charge in [0.2, 0.25) is 0 Å². The van der Waals surface area contributed by atoms with Crippen LogP contribution >= 0.6 is 23.2 Å². The number of hydrogen-bond acceptors (Lipinski definition) is 0. The number of alkyl halides is 2. The summed E-state index contributed by atoms with van der Waals surface area (Å²) >= 11 is 11.8. The summed E-state index contributed by atoms with van der Waals surface area (Å²) in [5.74, 6) is 0.450. The van der Waals surface area contributed by atoms with Crippen molar-refractivity contribution in [1.29, 1.82) is 0 Å². The van der Waals surface area contributed by atoms with Crippen LogP contribution in [0.4, 0.5) is 0 Å². The molecule has 9 heavy (non-hydrogen) atoms.